The Balaban J connectivity index is 2.51. The van der Waals surface area contributed by atoms with Crippen LogP contribution in [0.4, 0.5) is 0 Å². The minimum atomic E-state index is 0.749. The van der Waals surface area contributed by atoms with Crippen LogP contribution in [-0.4, -0.2) is 16.1 Å². The number of imidazole rings is 1. The van der Waals surface area contributed by atoms with Crippen molar-refractivity contribution < 1.29 is 0 Å². The van der Waals surface area contributed by atoms with Gasteiger partial charge in [0.15, 0.2) is 0 Å². The quantitative estimate of drug-likeness (QED) is 0.715. The van der Waals surface area contributed by atoms with Crippen molar-refractivity contribution in [2.75, 3.05) is 6.54 Å². The van der Waals surface area contributed by atoms with E-state index in [4.69, 9.17) is 5.73 Å². The summed E-state index contributed by atoms with van der Waals surface area (Å²) in [5.41, 5.74) is 5.43. The molecule has 12 heavy (non-hydrogen) atoms. The monoisotopic (exact) mass is 167 g/mol. The first-order valence-corrected chi connectivity index (χ1v) is 4.58. The molecular formula is C9H17N3. The highest BCUT2D eigenvalue weighted by Gasteiger charge is 1.99. The number of rotatable bonds is 5. The molecule has 0 unspecified atom stereocenters. The Morgan fingerprint density at radius 3 is 3.08 bits per heavy atom. The molecule has 0 radical (unpaired) electrons. The highest BCUT2D eigenvalue weighted by atomic mass is 15.1. The molecule has 0 atom stereocenters. The number of nitrogens with two attached hydrogens (primary N) is 1. The summed E-state index contributed by atoms with van der Waals surface area (Å²) in [6.07, 6.45) is 7.09. The molecule has 0 aliphatic carbocycles. The van der Waals surface area contributed by atoms with E-state index in [9.17, 15) is 0 Å². The zero-order chi connectivity index (χ0) is 8.81. The molecule has 1 heterocycles. The van der Waals surface area contributed by atoms with Crippen molar-refractivity contribution in [1.82, 2.24) is 9.55 Å². The zero-order valence-electron chi connectivity index (χ0n) is 7.66. The molecule has 1 aromatic heterocycles. The minimum absolute atomic E-state index is 0.749. The van der Waals surface area contributed by atoms with Gasteiger partial charge in [-0.3, -0.25) is 0 Å². The fraction of sp³-hybridized carbons (Fsp3) is 0.667. The van der Waals surface area contributed by atoms with Gasteiger partial charge in [0.05, 0.1) is 0 Å². The van der Waals surface area contributed by atoms with Crippen molar-refractivity contribution >= 4 is 0 Å². The van der Waals surface area contributed by atoms with Crippen LogP contribution in [0.5, 0.6) is 0 Å². The molecule has 0 fully saturated rings. The smallest absolute Gasteiger partial charge is 0.108 e. The third-order valence-electron chi connectivity index (χ3n) is 1.87. The Bertz CT molecular complexity index is 217. The van der Waals surface area contributed by atoms with Crippen LogP contribution in [0.25, 0.3) is 0 Å². The molecule has 1 rings (SSSR count). The summed E-state index contributed by atoms with van der Waals surface area (Å²) >= 11 is 0. The fourth-order valence-electron chi connectivity index (χ4n) is 1.27. The molecule has 2 N–H and O–H groups in total. The molecule has 0 aliphatic rings. The van der Waals surface area contributed by atoms with Gasteiger partial charge in [-0.15, -0.1) is 0 Å². The lowest BCUT2D eigenvalue weighted by molar-refractivity contribution is 0.625. The third-order valence-corrected chi connectivity index (χ3v) is 1.87. The minimum Gasteiger partial charge on any atom is -0.335 e. The molecule has 0 amide bonds. The van der Waals surface area contributed by atoms with Crippen molar-refractivity contribution in [3.8, 4) is 0 Å². The van der Waals surface area contributed by atoms with Gasteiger partial charge in [-0.25, -0.2) is 4.98 Å². The molecule has 0 saturated heterocycles. The zero-order valence-corrected chi connectivity index (χ0v) is 7.66. The summed E-state index contributed by atoms with van der Waals surface area (Å²) in [6.45, 7) is 3.99. The Morgan fingerprint density at radius 2 is 2.42 bits per heavy atom. The molecule has 0 saturated carbocycles. The molecule has 3 heteroatoms. The molecule has 0 spiro atoms. The molecule has 68 valence electrons. The van der Waals surface area contributed by atoms with E-state index in [1.807, 2.05) is 12.4 Å². The van der Waals surface area contributed by atoms with Crippen LogP contribution >= 0.6 is 0 Å². The summed E-state index contributed by atoms with van der Waals surface area (Å²) in [4.78, 5) is 4.28. The second kappa shape index (κ2) is 4.93. The largest absolute Gasteiger partial charge is 0.335 e. The topological polar surface area (TPSA) is 43.8 Å². The van der Waals surface area contributed by atoms with Crippen molar-refractivity contribution in [1.29, 1.82) is 0 Å². The van der Waals surface area contributed by atoms with Crippen molar-refractivity contribution in [3.05, 3.63) is 18.2 Å². The van der Waals surface area contributed by atoms with E-state index >= 15 is 0 Å². The predicted octanol–water partition coefficient (Wildman–Crippen LogP) is 1.18. The second-order valence-electron chi connectivity index (χ2n) is 2.93. The van der Waals surface area contributed by atoms with Gasteiger partial charge in [-0.2, -0.15) is 0 Å². The molecule has 0 aliphatic heterocycles. The summed E-state index contributed by atoms with van der Waals surface area (Å²) in [5, 5.41) is 0. The van der Waals surface area contributed by atoms with Crippen LogP contribution in [0, 0.1) is 0 Å². The third kappa shape index (κ3) is 2.34. The van der Waals surface area contributed by atoms with Gasteiger partial charge in [0.2, 0.25) is 0 Å². The van der Waals surface area contributed by atoms with Crippen molar-refractivity contribution in [3.63, 3.8) is 0 Å². The van der Waals surface area contributed by atoms with Crippen LogP contribution in [0.3, 0.4) is 0 Å². The van der Waals surface area contributed by atoms with Gasteiger partial charge in [-0.05, 0) is 19.4 Å². The van der Waals surface area contributed by atoms with Crippen LogP contribution in [0.2, 0.25) is 0 Å². The van der Waals surface area contributed by atoms with Crippen LogP contribution in [0.15, 0.2) is 12.4 Å². The first-order chi connectivity index (χ1) is 5.88. The SMILES string of the molecule is CCCn1ccnc1CCCN. The number of nitrogens with zero attached hydrogens (tertiary/aromatic N) is 2. The van der Waals surface area contributed by atoms with E-state index in [2.05, 4.69) is 16.5 Å². The number of hydrogen-bond acceptors (Lipinski definition) is 2. The molecule has 1 aromatic rings. The number of aryl methyl sites for hydroxylation is 2. The van der Waals surface area contributed by atoms with E-state index < -0.39 is 0 Å². The van der Waals surface area contributed by atoms with Crippen molar-refractivity contribution in [2.45, 2.75) is 32.7 Å². The second-order valence-corrected chi connectivity index (χ2v) is 2.93. The van der Waals surface area contributed by atoms with Gasteiger partial charge in [-0.1, -0.05) is 6.92 Å². The predicted molar refractivity (Wildman–Crippen MR) is 49.9 cm³/mol. The normalized spacial score (nSPS) is 10.5. The van der Waals surface area contributed by atoms with Gasteiger partial charge in [0, 0.05) is 25.4 Å². The Kier molecular flexibility index (Phi) is 3.80. The molecular weight excluding hydrogens is 150 g/mol. The lowest BCUT2D eigenvalue weighted by atomic mass is 10.3. The Labute approximate surface area is 73.6 Å². The highest BCUT2D eigenvalue weighted by molar-refractivity contribution is 4.92. The van der Waals surface area contributed by atoms with Crippen LogP contribution in [-0.2, 0) is 13.0 Å². The maximum absolute atomic E-state index is 5.43. The molecule has 0 aromatic carbocycles. The number of aromatic nitrogens is 2. The summed E-state index contributed by atoms with van der Waals surface area (Å²) in [5.74, 6) is 1.17. The summed E-state index contributed by atoms with van der Waals surface area (Å²) in [7, 11) is 0. The maximum atomic E-state index is 5.43. The van der Waals surface area contributed by atoms with Crippen LogP contribution in [0.1, 0.15) is 25.6 Å². The fourth-order valence-corrected chi connectivity index (χ4v) is 1.27. The Hall–Kier alpha value is -0.830. The summed E-state index contributed by atoms with van der Waals surface area (Å²) < 4.78 is 2.20. The maximum Gasteiger partial charge on any atom is 0.108 e. The van der Waals surface area contributed by atoms with Gasteiger partial charge < -0.3 is 10.3 Å². The average Bonchev–Trinajstić information content (AvgIpc) is 2.50. The van der Waals surface area contributed by atoms with E-state index in [-0.39, 0.29) is 0 Å². The number of hydrogen-bond donors (Lipinski definition) is 1. The average molecular weight is 167 g/mol. The lowest BCUT2D eigenvalue weighted by Crippen LogP contribution is -2.06. The van der Waals surface area contributed by atoms with Gasteiger partial charge in [0.25, 0.3) is 0 Å². The first kappa shape index (κ1) is 9.26. The van der Waals surface area contributed by atoms with E-state index in [1.54, 1.807) is 0 Å². The highest BCUT2D eigenvalue weighted by Crippen LogP contribution is 2.01. The standard InChI is InChI=1S/C9H17N3/c1-2-7-12-8-6-11-9(12)4-3-5-10/h6,8H,2-5,7,10H2,1H3. The Morgan fingerprint density at radius 1 is 1.58 bits per heavy atom. The molecule has 3 nitrogen and oxygen atoms in total. The van der Waals surface area contributed by atoms with Gasteiger partial charge in [0.1, 0.15) is 5.82 Å². The van der Waals surface area contributed by atoms with Gasteiger partial charge >= 0.3 is 0 Å². The van der Waals surface area contributed by atoms with Crippen molar-refractivity contribution in [2.24, 2.45) is 5.73 Å². The van der Waals surface area contributed by atoms with E-state index in [0.717, 1.165) is 32.4 Å². The first-order valence-electron chi connectivity index (χ1n) is 4.58. The van der Waals surface area contributed by atoms with E-state index in [1.165, 1.54) is 5.82 Å². The molecule has 0 bridgehead atoms. The summed E-state index contributed by atoms with van der Waals surface area (Å²) in [6, 6.07) is 0. The van der Waals surface area contributed by atoms with Crippen LogP contribution < -0.4 is 5.73 Å². The van der Waals surface area contributed by atoms with E-state index in [0.29, 0.717) is 0 Å². The lowest BCUT2D eigenvalue weighted by Gasteiger charge is -2.04.